The van der Waals surface area contributed by atoms with E-state index in [4.69, 9.17) is 0 Å². The molecule has 71 heavy (non-hydrogen) atoms. The molecule has 0 spiro atoms. The number of fused-ring (bicyclic) bond motifs is 6. The third-order valence-electron chi connectivity index (χ3n) is 14.3. The summed E-state index contributed by atoms with van der Waals surface area (Å²) in [6.07, 6.45) is 0. The molecule has 0 saturated carbocycles. The van der Waals surface area contributed by atoms with E-state index in [1.54, 1.807) is 0 Å². The van der Waals surface area contributed by atoms with Crippen molar-refractivity contribution in [2.75, 3.05) is 4.90 Å². The molecule has 0 radical (unpaired) electrons. The van der Waals surface area contributed by atoms with Gasteiger partial charge in [-0.05, 0) is 60.7 Å². The summed E-state index contributed by atoms with van der Waals surface area (Å²) in [5, 5.41) is 4.61. The fourth-order valence-electron chi connectivity index (χ4n) is 11.2. The maximum absolute atomic E-state index is 14.2. The minimum Gasteiger partial charge on any atom is -0.0359 e. The van der Waals surface area contributed by atoms with Crippen LogP contribution in [0.25, 0.3) is 66.1 Å². The van der Waals surface area contributed by atoms with E-state index in [9.17, 15) is 4.39 Å². The van der Waals surface area contributed by atoms with Crippen LogP contribution in [0.1, 0.15) is 0 Å². The number of nitrogens with zero attached hydrogens (tertiary/aromatic N) is 3. The molecule has 13 aromatic rings. The zero-order valence-corrected chi connectivity index (χ0v) is 40.9. The van der Waals surface area contributed by atoms with Gasteiger partial charge in [0.15, 0.2) is 0 Å². The minimum absolute atomic E-state index is 0.250. The van der Waals surface area contributed by atoms with E-state index in [1.165, 1.54) is 51.6 Å². The van der Waals surface area contributed by atoms with Gasteiger partial charge < -0.3 is 4.57 Å². The Morgan fingerprint density at radius 3 is 1.23 bits per heavy atom. The van der Waals surface area contributed by atoms with Gasteiger partial charge in [-0.25, -0.2) is 4.39 Å². The molecule has 336 valence electrons. The van der Waals surface area contributed by atoms with E-state index in [-0.39, 0.29) is 5.82 Å². The molecule has 2 heterocycles. The van der Waals surface area contributed by atoms with Crippen LogP contribution >= 0.6 is 0 Å². The van der Waals surface area contributed by atoms with Crippen LogP contribution in [-0.4, -0.2) is 22.4 Å². The molecule has 3 nitrogen and oxygen atoms in total. The van der Waals surface area contributed by atoms with Crippen LogP contribution in [0.5, 0.6) is 0 Å². The Labute approximate surface area is 414 Å². The Morgan fingerprint density at radius 2 is 0.676 bits per heavy atom. The third kappa shape index (κ3) is 7.18. The maximum Gasteiger partial charge on any atom is 0.0542 e. The van der Waals surface area contributed by atoms with E-state index in [0.29, 0.717) is 0 Å². The molecule has 0 saturated heterocycles. The molecule has 13 rings (SSSR count). The summed E-state index contributed by atoms with van der Waals surface area (Å²) >= 11 is -3.43. The number of rotatable bonds is 10. The second-order valence-electron chi connectivity index (χ2n) is 18.2. The Hall–Kier alpha value is -8.71. The average Bonchev–Trinajstić information content (AvgIpc) is 3.95. The van der Waals surface area contributed by atoms with Crippen LogP contribution in [0.4, 0.5) is 21.5 Å². The van der Waals surface area contributed by atoms with Gasteiger partial charge in [-0.15, -0.1) is 0 Å². The monoisotopic (exact) mass is 973 g/mol. The van der Waals surface area contributed by atoms with Crippen molar-refractivity contribution in [2.24, 2.45) is 0 Å². The first-order valence-electron chi connectivity index (χ1n) is 24.2. The first-order chi connectivity index (χ1) is 35.1. The topological polar surface area (TPSA) is 13.1 Å². The van der Waals surface area contributed by atoms with E-state index >= 15 is 0 Å². The molecule has 0 amide bonds. The zero-order valence-electron chi connectivity index (χ0n) is 38.8. The molecule has 0 aliphatic carbocycles. The third-order valence-corrected chi connectivity index (χ3v) is 24.4. The standard InChI is InChI=1S/C66H46FGeN3/c67-49-33-37-56(38-34-49)71-63-29-17-16-28-59(63)61-45-57(39-42-65(61)71)69(54-24-12-4-13-25-54)58-40-43-66-62(46-58)60-44-48(32-41-64(60)70(66)55-26-14-5-15-27-55)47-30-35-53(36-31-47)68(50-18-6-1-7-19-50,51-20-8-2-9-21-51)52-22-10-3-11-23-52/h1-46H. The zero-order chi connectivity index (χ0) is 47.3. The summed E-state index contributed by atoms with van der Waals surface area (Å²) in [6, 6.07) is 100. The van der Waals surface area contributed by atoms with Gasteiger partial charge in [-0.2, -0.15) is 0 Å². The summed E-state index contributed by atoms with van der Waals surface area (Å²) in [5.41, 5.74) is 12.0. The molecule has 11 aromatic carbocycles. The number of anilines is 3. The molecule has 0 aliphatic rings. The smallest absolute Gasteiger partial charge is 0.0359 e. The van der Waals surface area contributed by atoms with Crippen molar-refractivity contribution >= 4 is 91.5 Å². The Morgan fingerprint density at radius 1 is 0.282 bits per heavy atom. The Bertz CT molecular complexity index is 3930. The van der Waals surface area contributed by atoms with Crippen molar-refractivity contribution < 1.29 is 4.39 Å². The number of hydrogen-bond donors (Lipinski definition) is 0. The van der Waals surface area contributed by atoms with Crippen LogP contribution in [0, 0.1) is 5.82 Å². The summed E-state index contributed by atoms with van der Waals surface area (Å²) < 4.78 is 24.4. The van der Waals surface area contributed by atoms with E-state index in [2.05, 4.69) is 269 Å². The van der Waals surface area contributed by atoms with Crippen molar-refractivity contribution in [3.63, 3.8) is 0 Å². The van der Waals surface area contributed by atoms with Crippen molar-refractivity contribution in [2.45, 2.75) is 0 Å². The van der Waals surface area contributed by atoms with Gasteiger partial charge in [-0.3, -0.25) is 0 Å². The second kappa shape index (κ2) is 17.7. The predicted molar refractivity (Wildman–Crippen MR) is 299 cm³/mol. The summed E-state index contributed by atoms with van der Waals surface area (Å²) in [6.45, 7) is 0. The normalized spacial score (nSPS) is 11.7. The average molecular weight is 973 g/mol. The van der Waals surface area contributed by atoms with Gasteiger partial charge in [0.2, 0.25) is 0 Å². The van der Waals surface area contributed by atoms with Crippen LogP contribution in [0.3, 0.4) is 0 Å². The fourth-order valence-corrected chi connectivity index (χ4v) is 21.1. The van der Waals surface area contributed by atoms with Crippen molar-refractivity contribution in [3.05, 3.63) is 285 Å². The van der Waals surface area contributed by atoms with Crippen molar-refractivity contribution in [3.8, 4) is 22.5 Å². The largest absolute Gasteiger partial charge is 0.0542 e. The van der Waals surface area contributed by atoms with Crippen LogP contribution in [-0.2, 0) is 0 Å². The first kappa shape index (κ1) is 42.4. The van der Waals surface area contributed by atoms with Crippen LogP contribution in [0.2, 0.25) is 0 Å². The number of hydrogen-bond acceptors (Lipinski definition) is 1. The molecule has 0 unspecified atom stereocenters. The Kier molecular flexibility index (Phi) is 10.6. The summed E-state index contributed by atoms with van der Waals surface area (Å²) in [5.74, 6) is -0.250. The predicted octanol–water partition coefficient (Wildman–Crippen LogP) is 14.5. The van der Waals surface area contributed by atoms with Gasteiger partial charge in [0.1, 0.15) is 5.82 Å². The molecule has 0 atom stereocenters. The van der Waals surface area contributed by atoms with E-state index in [1.807, 2.05) is 12.1 Å². The van der Waals surface area contributed by atoms with Crippen LogP contribution < -0.4 is 22.5 Å². The molecule has 2 aromatic heterocycles. The quantitative estimate of drug-likeness (QED) is 0.125. The van der Waals surface area contributed by atoms with Gasteiger partial charge in [-0.1, -0.05) is 42.5 Å². The number of benzene rings is 11. The number of para-hydroxylation sites is 3. The van der Waals surface area contributed by atoms with Crippen molar-refractivity contribution in [1.29, 1.82) is 0 Å². The van der Waals surface area contributed by atoms with Gasteiger partial charge in [0.25, 0.3) is 0 Å². The molecule has 5 heteroatoms. The second-order valence-corrected chi connectivity index (χ2v) is 26.2. The molecule has 0 aliphatic heterocycles. The number of halogens is 1. The summed E-state index contributed by atoms with van der Waals surface area (Å²) in [7, 11) is 0. The molecular formula is C66H46FGeN3. The molecule has 0 bridgehead atoms. The summed E-state index contributed by atoms with van der Waals surface area (Å²) in [4.78, 5) is 2.36. The van der Waals surface area contributed by atoms with E-state index < -0.39 is 13.3 Å². The van der Waals surface area contributed by atoms with E-state index in [0.717, 1.165) is 61.3 Å². The first-order valence-corrected chi connectivity index (χ1v) is 28.4. The molecule has 0 N–H and O–H groups in total. The Balaban J connectivity index is 0.978. The SMILES string of the molecule is Fc1ccc(-n2c3ccccc3c3cc(N(c4ccccc4)c4ccc5c(c4)c4cc(-c6cc[c]([Ge]([c]7ccccc7)([c]7ccccc7)[c]7ccccc7)cc6)ccc4n5-c4ccccc4)ccc32)cc1. The fraction of sp³-hybridized carbons (Fsp3) is 0. The van der Waals surface area contributed by atoms with Gasteiger partial charge in [0, 0.05) is 16.5 Å². The van der Waals surface area contributed by atoms with Crippen molar-refractivity contribution in [1.82, 2.24) is 9.13 Å². The maximum atomic E-state index is 14.2. The van der Waals surface area contributed by atoms with Gasteiger partial charge in [0.05, 0.1) is 11.0 Å². The van der Waals surface area contributed by atoms with Gasteiger partial charge >= 0.3 is 272 Å². The molecular weight excluding hydrogens is 926 g/mol. The van der Waals surface area contributed by atoms with Crippen LogP contribution in [0.15, 0.2) is 279 Å². The number of aromatic nitrogens is 2. The molecule has 0 fully saturated rings. The minimum atomic E-state index is -3.43.